The summed E-state index contributed by atoms with van der Waals surface area (Å²) in [5.41, 5.74) is 4.36. The molecule has 2 N–H and O–H groups in total. The minimum absolute atomic E-state index is 0.101. The number of fused-ring (bicyclic) bond motifs is 3. The Hall–Kier alpha value is -2.57. The number of carbonyl (C=O) groups is 1. The second-order valence-corrected chi connectivity index (χ2v) is 8.21. The molecule has 3 aliphatic rings. The number of morpholine rings is 1. The third-order valence-corrected chi connectivity index (χ3v) is 6.49. The summed E-state index contributed by atoms with van der Waals surface area (Å²) < 4.78 is 11.0. The Morgan fingerprint density at radius 3 is 2.70 bits per heavy atom. The zero-order chi connectivity index (χ0) is 20.5. The maximum Gasteiger partial charge on any atom is 0.254 e. The average Bonchev–Trinajstić information content (AvgIpc) is 3.29. The van der Waals surface area contributed by atoms with Crippen molar-refractivity contribution in [3.63, 3.8) is 0 Å². The van der Waals surface area contributed by atoms with Gasteiger partial charge in [-0.1, -0.05) is 12.1 Å². The molecule has 6 nitrogen and oxygen atoms in total. The second-order valence-electron chi connectivity index (χ2n) is 8.21. The summed E-state index contributed by atoms with van der Waals surface area (Å²) in [6.07, 6.45) is 1.11. The van der Waals surface area contributed by atoms with Crippen molar-refractivity contribution in [2.45, 2.75) is 25.4 Å². The highest BCUT2D eigenvalue weighted by Crippen LogP contribution is 2.47. The topological polar surface area (TPSA) is 62.8 Å². The molecule has 1 amide bonds. The van der Waals surface area contributed by atoms with Crippen molar-refractivity contribution < 1.29 is 14.3 Å². The molecule has 0 bridgehead atoms. The molecule has 2 aromatic rings. The predicted octanol–water partition coefficient (Wildman–Crippen LogP) is 3.38. The van der Waals surface area contributed by atoms with E-state index in [1.54, 1.807) is 0 Å². The standard InChI is InChI=1S/C24H29N3O3/c1-2-30-18-6-3-16(4-7-18)22-19-9-10-25-23(19)20-15-17(5-8-21(20)26-22)24(28)27-11-13-29-14-12-27/h3-8,15,19,22-23,25-26H,2,9-14H2,1H3/t19-,22?,23-/m0/s1. The zero-order valence-corrected chi connectivity index (χ0v) is 17.4. The van der Waals surface area contributed by atoms with Crippen LogP contribution in [0, 0.1) is 5.92 Å². The van der Waals surface area contributed by atoms with Gasteiger partial charge in [0.2, 0.25) is 0 Å². The second kappa shape index (κ2) is 8.28. The Balaban J connectivity index is 1.42. The molecule has 5 rings (SSSR count). The molecule has 0 radical (unpaired) electrons. The zero-order valence-electron chi connectivity index (χ0n) is 17.4. The first-order valence-corrected chi connectivity index (χ1v) is 11.0. The fraction of sp³-hybridized carbons (Fsp3) is 0.458. The molecular weight excluding hydrogens is 378 g/mol. The third-order valence-electron chi connectivity index (χ3n) is 6.49. The highest BCUT2D eigenvalue weighted by atomic mass is 16.5. The summed E-state index contributed by atoms with van der Waals surface area (Å²) in [6.45, 7) is 6.24. The molecule has 0 aliphatic carbocycles. The molecule has 2 saturated heterocycles. The maximum absolute atomic E-state index is 13.0. The van der Waals surface area contributed by atoms with Crippen molar-refractivity contribution >= 4 is 11.6 Å². The SMILES string of the molecule is CCOc1ccc(C2Nc3ccc(C(=O)N4CCOCC4)cc3[C@H]3NCC[C@@H]23)cc1. The third kappa shape index (κ3) is 3.55. The summed E-state index contributed by atoms with van der Waals surface area (Å²) >= 11 is 0. The van der Waals surface area contributed by atoms with Crippen molar-refractivity contribution in [3.8, 4) is 5.75 Å². The Morgan fingerprint density at radius 1 is 1.13 bits per heavy atom. The number of benzene rings is 2. The summed E-state index contributed by atoms with van der Waals surface area (Å²) in [6, 6.07) is 15.1. The summed E-state index contributed by atoms with van der Waals surface area (Å²) in [4.78, 5) is 14.9. The maximum atomic E-state index is 13.0. The molecule has 2 fully saturated rings. The first-order chi connectivity index (χ1) is 14.7. The number of amides is 1. The summed E-state index contributed by atoms with van der Waals surface area (Å²) in [5, 5.41) is 7.44. The summed E-state index contributed by atoms with van der Waals surface area (Å²) in [5.74, 6) is 1.46. The number of rotatable bonds is 4. The lowest BCUT2D eigenvalue weighted by Crippen LogP contribution is -2.41. The van der Waals surface area contributed by atoms with Crippen LogP contribution >= 0.6 is 0 Å². The van der Waals surface area contributed by atoms with Gasteiger partial charge < -0.3 is 25.0 Å². The number of nitrogens with zero attached hydrogens (tertiary/aromatic N) is 1. The first kappa shape index (κ1) is 19.4. The van der Waals surface area contributed by atoms with Crippen molar-refractivity contribution in [2.75, 3.05) is 44.8 Å². The van der Waals surface area contributed by atoms with Crippen LogP contribution < -0.4 is 15.4 Å². The van der Waals surface area contributed by atoms with Gasteiger partial charge in [-0.05, 0) is 61.3 Å². The molecule has 2 aromatic carbocycles. The lowest BCUT2D eigenvalue weighted by atomic mass is 9.80. The van der Waals surface area contributed by atoms with Gasteiger partial charge in [0.1, 0.15) is 5.75 Å². The molecule has 30 heavy (non-hydrogen) atoms. The fourth-order valence-corrected chi connectivity index (χ4v) is 5.00. The molecule has 1 unspecified atom stereocenters. The van der Waals surface area contributed by atoms with Crippen molar-refractivity contribution in [2.24, 2.45) is 5.92 Å². The molecule has 158 valence electrons. The van der Waals surface area contributed by atoms with Crippen LogP contribution in [0.1, 0.15) is 46.9 Å². The minimum Gasteiger partial charge on any atom is -0.494 e. The van der Waals surface area contributed by atoms with Gasteiger partial charge in [0.15, 0.2) is 0 Å². The van der Waals surface area contributed by atoms with Crippen molar-refractivity contribution in [3.05, 3.63) is 59.2 Å². The monoisotopic (exact) mass is 407 g/mol. The molecule has 0 aromatic heterocycles. The van der Waals surface area contributed by atoms with Gasteiger partial charge in [0.25, 0.3) is 5.91 Å². The van der Waals surface area contributed by atoms with Crippen LogP contribution in [0.25, 0.3) is 0 Å². The van der Waals surface area contributed by atoms with E-state index >= 15 is 0 Å². The Labute approximate surface area is 177 Å². The van der Waals surface area contributed by atoms with E-state index in [2.05, 4.69) is 47.0 Å². The lowest BCUT2D eigenvalue weighted by molar-refractivity contribution is 0.0303. The number of anilines is 1. The van der Waals surface area contributed by atoms with Gasteiger partial charge in [0, 0.05) is 36.3 Å². The van der Waals surface area contributed by atoms with E-state index in [9.17, 15) is 4.79 Å². The van der Waals surface area contributed by atoms with E-state index in [0.29, 0.717) is 38.8 Å². The first-order valence-electron chi connectivity index (χ1n) is 11.0. The van der Waals surface area contributed by atoms with Gasteiger partial charge in [-0.2, -0.15) is 0 Å². The number of hydrogen-bond acceptors (Lipinski definition) is 5. The average molecular weight is 408 g/mol. The van der Waals surface area contributed by atoms with E-state index in [1.165, 1.54) is 11.1 Å². The number of carbonyl (C=O) groups excluding carboxylic acids is 1. The Kier molecular flexibility index (Phi) is 5.35. The Bertz CT molecular complexity index is 908. The van der Waals surface area contributed by atoms with Gasteiger partial charge >= 0.3 is 0 Å². The van der Waals surface area contributed by atoms with Crippen LogP contribution in [0.4, 0.5) is 5.69 Å². The highest BCUT2D eigenvalue weighted by Gasteiger charge is 2.40. The molecule has 0 saturated carbocycles. The normalized spacial score (nSPS) is 25.2. The molecule has 3 heterocycles. The molecule has 6 heteroatoms. The molecule has 3 atom stereocenters. The molecule has 3 aliphatic heterocycles. The van der Waals surface area contributed by atoms with Gasteiger partial charge in [0.05, 0.1) is 25.9 Å². The van der Waals surface area contributed by atoms with E-state index in [1.807, 2.05) is 17.9 Å². The van der Waals surface area contributed by atoms with Crippen LogP contribution in [0.3, 0.4) is 0 Å². The van der Waals surface area contributed by atoms with Gasteiger partial charge in [-0.25, -0.2) is 0 Å². The highest BCUT2D eigenvalue weighted by molar-refractivity contribution is 5.95. The molecular formula is C24H29N3O3. The minimum atomic E-state index is 0.101. The Morgan fingerprint density at radius 2 is 1.93 bits per heavy atom. The van der Waals surface area contributed by atoms with Crippen LogP contribution in [-0.4, -0.2) is 50.3 Å². The van der Waals surface area contributed by atoms with E-state index in [-0.39, 0.29) is 18.0 Å². The lowest BCUT2D eigenvalue weighted by Gasteiger charge is -2.37. The van der Waals surface area contributed by atoms with Gasteiger partial charge in [-0.3, -0.25) is 4.79 Å². The quantitative estimate of drug-likeness (QED) is 0.814. The smallest absolute Gasteiger partial charge is 0.254 e. The van der Waals surface area contributed by atoms with Crippen molar-refractivity contribution in [1.29, 1.82) is 0 Å². The number of nitrogens with one attached hydrogen (secondary N) is 2. The predicted molar refractivity (Wildman–Crippen MR) is 116 cm³/mol. The largest absolute Gasteiger partial charge is 0.494 e. The van der Waals surface area contributed by atoms with E-state index in [4.69, 9.17) is 9.47 Å². The molecule has 0 spiro atoms. The number of hydrogen-bond donors (Lipinski definition) is 2. The summed E-state index contributed by atoms with van der Waals surface area (Å²) in [7, 11) is 0. The van der Waals surface area contributed by atoms with Gasteiger partial charge in [-0.15, -0.1) is 0 Å². The van der Waals surface area contributed by atoms with Crippen LogP contribution in [0.5, 0.6) is 5.75 Å². The van der Waals surface area contributed by atoms with Crippen LogP contribution in [0.15, 0.2) is 42.5 Å². The van der Waals surface area contributed by atoms with Crippen LogP contribution in [0.2, 0.25) is 0 Å². The van der Waals surface area contributed by atoms with Crippen LogP contribution in [-0.2, 0) is 4.74 Å². The van der Waals surface area contributed by atoms with Crippen molar-refractivity contribution in [1.82, 2.24) is 10.2 Å². The number of ether oxygens (including phenoxy) is 2. The van der Waals surface area contributed by atoms with E-state index in [0.717, 1.165) is 30.0 Å². The fourth-order valence-electron chi connectivity index (χ4n) is 5.00. The van der Waals surface area contributed by atoms with E-state index < -0.39 is 0 Å².